The minimum atomic E-state index is -0.327. The van der Waals surface area contributed by atoms with Gasteiger partial charge in [0.2, 0.25) is 5.91 Å². The van der Waals surface area contributed by atoms with Crippen molar-refractivity contribution >= 4 is 34.3 Å². The van der Waals surface area contributed by atoms with Crippen LogP contribution in [-0.4, -0.2) is 35.4 Å². The molecule has 0 radical (unpaired) electrons. The summed E-state index contributed by atoms with van der Waals surface area (Å²) in [5, 5.41) is 18.3. The van der Waals surface area contributed by atoms with Gasteiger partial charge in [0.1, 0.15) is 5.69 Å². The summed E-state index contributed by atoms with van der Waals surface area (Å²) < 4.78 is 1.89. The number of rotatable bonds is 5. The number of aromatic nitrogens is 1. The Bertz CT molecular complexity index is 1240. The van der Waals surface area contributed by atoms with Crippen molar-refractivity contribution in [2.75, 3.05) is 18.4 Å². The van der Waals surface area contributed by atoms with Crippen LogP contribution in [0.2, 0.25) is 0 Å². The Hall–Kier alpha value is -4.12. The van der Waals surface area contributed by atoms with E-state index in [9.17, 15) is 14.4 Å². The molecule has 1 unspecified atom stereocenters. The summed E-state index contributed by atoms with van der Waals surface area (Å²) in [7, 11) is 0. The molecule has 2 aromatic carbocycles. The molecular formula is C23H21N5O3. The predicted octanol–water partition coefficient (Wildman–Crippen LogP) is 2.58. The summed E-state index contributed by atoms with van der Waals surface area (Å²) in [6.07, 6.45) is 0.263. The highest BCUT2D eigenvalue weighted by atomic mass is 16.2. The molecule has 3 amide bonds. The first-order valence-corrected chi connectivity index (χ1v) is 10.0. The van der Waals surface area contributed by atoms with Crippen molar-refractivity contribution in [2.24, 2.45) is 0 Å². The van der Waals surface area contributed by atoms with Crippen LogP contribution < -0.4 is 16.0 Å². The maximum atomic E-state index is 12.6. The molecule has 1 aromatic heterocycles. The molecule has 1 aliphatic heterocycles. The van der Waals surface area contributed by atoms with Crippen LogP contribution in [-0.2, 0) is 4.79 Å². The lowest BCUT2D eigenvalue weighted by Gasteiger charge is -2.27. The number of nitrogens with zero attached hydrogens (tertiary/aromatic N) is 2. The number of anilines is 1. The first-order chi connectivity index (χ1) is 15.0. The number of hydrogen-bond donors (Lipinski definition) is 3. The normalized spacial score (nSPS) is 15.0. The fourth-order valence-corrected chi connectivity index (χ4v) is 3.85. The third kappa shape index (κ3) is 3.98. The van der Waals surface area contributed by atoms with E-state index in [-0.39, 0.29) is 30.2 Å². The number of hydrogen-bond acceptors (Lipinski definition) is 4. The lowest BCUT2D eigenvalue weighted by Crippen LogP contribution is -2.40. The molecule has 4 rings (SSSR count). The molecule has 1 atom stereocenters. The van der Waals surface area contributed by atoms with E-state index >= 15 is 0 Å². The number of carbonyl (C=O) groups is 3. The second-order valence-electron chi connectivity index (χ2n) is 7.34. The van der Waals surface area contributed by atoms with Crippen molar-refractivity contribution < 1.29 is 14.4 Å². The zero-order valence-electron chi connectivity index (χ0n) is 16.9. The van der Waals surface area contributed by atoms with E-state index in [1.807, 2.05) is 23.6 Å². The largest absolute Gasteiger partial charge is 0.356 e. The van der Waals surface area contributed by atoms with Crippen LogP contribution in [0, 0.1) is 11.3 Å². The van der Waals surface area contributed by atoms with Crippen LogP contribution in [0.1, 0.15) is 45.8 Å². The van der Waals surface area contributed by atoms with Gasteiger partial charge in [0.05, 0.1) is 17.7 Å². The van der Waals surface area contributed by atoms with Gasteiger partial charge in [-0.2, -0.15) is 5.26 Å². The third-order valence-electron chi connectivity index (χ3n) is 5.24. The van der Waals surface area contributed by atoms with E-state index in [2.05, 4.69) is 16.0 Å². The summed E-state index contributed by atoms with van der Waals surface area (Å²) in [6, 6.07) is 15.5. The van der Waals surface area contributed by atoms with Gasteiger partial charge < -0.3 is 20.5 Å². The topological polar surface area (TPSA) is 116 Å². The fourth-order valence-electron chi connectivity index (χ4n) is 3.85. The van der Waals surface area contributed by atoms with Crippen molar-refractivity contribution in [1.29, 1.82) is 5.26 Å². The van der Waals surface area contributed by atoms with E-state index in [4.69, 9.17) is 5.26 Å². The van der Waals surface area contributed by atoms with Crippen molar-refractivity contribution in [3.63, 3.8) is 0 Å². The minimum Gasteiger partial charge on any atom is -0.356 e. The van der Waals surface area contributed by atoms with Crippen LogP contribution in [0.3, 0.4) is 0 Å². The number of fused-ring (bicyclic) bond motifs is 3. The zero-order chi connectivity index (χ0) is 22.0. The molecule has 8 nitrogen and oxygen atoms in total. The number of nitriles is 1. The summed E-state index contributed by atoms with van der Waals surface area (Å²) in [5.41, 5.74) is 2.68. The molecule has 0 spiro atoms. The van der Waals surface area contributed by atoms with Crippen LogP contribution in [0.4, 0.5) is 5.69 Å². The Labute approximate surface area is 178 Å². The van der Waals surface area contributed by atoms with Gasteiger partial charge in [-0.25, -0.2) is 0 Å². The molecule has 0 aliphatic carbocycles. The number of carbonyl (C=O) groups excluding carboxylic acids is 3. The standard InChI is InChI=1S/C23H21N5O3/c1-2-25-21(29)11-18-13-26-23(31)20-10-16-9-17(6-7-19(16)28(18)20)27-22(30)15-5-3-4-14(8-15)12-24/h3-10,18H,2,11,13H2,1H3,(H,25,29)(H,26,31)(H,27,30). The van der Waals surface area contributed by atoms with Gasteiger partial charge in [0, 0.05) is 41.7 Å². The molecule has 3 N–H and O–H groups in total. The van der Waals surface area contributed by atoms with Crippen molar-refractivity contribution in [1.82, 2.24) is 15.2 Å². The van der Waals surface area contributed by atoms with E-state index in [1.165, 1.54) is 6.07 Å². The molecule has 0 saturated carbocycles. The zero-order valence-corrected chi connectivity index (χ0v) is 16.9. The average Bonchev–Trinajstić information content (AvgIpc) is 3.16. The summed E-state index contributed by atoms with van der Waals surface area (Å²) >= 11 is 0. The summed E-state index contributed by atoms with van der Waals surface area (Å²) in [5.74, 6) is -0.588. The lowest BCUT2D eigenvalue weighted by molar-refractivity contribution is -0.121. The monoisotopic (exact) mass is 415 g/mol. The highest BCUT2D eigenvalue weighted by Gasteiger charge is 2.28. The number of amides is 3. The first-order valence-electron chi connectivity index (χ1n) is 10.0. The molecule has 0 saturated heterocycles. The van der Waals surface area contributed by atoms with Crippen LogP contribution in [0.15, 0.2) is 48.5 Å². The van der Waals surface area contributed by atoms with E-state index in [1.54, 1.807) is 36.4 Å². The van der Waals surface area contributed by atoms with Gasteiger partial charge in [0.25, 0.3) is 11.8 Å². The molecular weight excluding hydrogens is 394 g/mol. The smallest absolute Gasteiger partial charge is 0.268 e. The maximum absolute atomic E-state index is 12.6. The van der Waals surface area contributed by atoms with Crippen molar-refractivity contribution in [3.05, 3.63) is 65.4 Å². The Morgan fingerprint density at radius 1 is 1.23 bits per heavy atom. The van der Waals surface area contributed by atoms with Gasteiger partial charge in [-0.3, -0.25) is 14.4 Å². The molecule has 0 fully saturated rings. The molecule has 8 heteroatoms. The van der Waals surface area contributed by atoms with E-state index in [0.717, 1.165) is 10.9 Å². The van der Waals surface area contributed by atoms with Crippen molar-refractivity contribution in [2.45, 2.75) is 19.4 Å². The highest BCUT2D eigenvalue weighted by molar-refractivity contribution is 6.06. The molecule has 0 bridgehead atoms. The second-order valence-corrected chi connectivity index (χ2v) is 7.34. The van der Waals surface area contributed by atoms with Gasteiger partial charge >= 0.3 is 0 Å². The quantitative estimate of drug-likeness (QED) is 0.594. The summed E-state index contributed by atoms with van der Waals surface area (Å²) in [6.45, 7) is 2.79. The van der Waals surface area contributed by atoms with Gasteiger partial charge in [-0.05, 0) is 49.4 Å². The molecule has 1 aliphatic rings. The van der Waals surface area contributed by atoms with Gasteiger partial charge in [-0.15, -0.1) is 0 Å². The Kier molecular flexibility index (Phi) is 5.41. The minimum absolute atomic E-state index is 0.0695. The van der Waals surface area contributed by atoms with Gasteiger partial charge in [-0.1, -0.05) is 6.07 Å². The summed E-state index contributed by atoms with van der Waals surface area (Å²) in [4.78, 5) is 37.1. The van der Waals surface area contributed by atoms with E-state index < -0.39 is 0 Å². The SMILES string of the molecule is CCNC(=O)CC1CNC(=O)c2cc3cc(NC(=O)c4cccc(C#N)c4)ccc3n21. The fraction of sp³-hybridized carbons (Fsp3) is 0.217. The first kappa shape index (κ1) is 20.2. The van der Waals surface area contributed by atoms with E-state index in [0.29, 0.717) is 35.6 Å². The Morgan fingerprint density at radius 3 is 2.84 bits per heavy atom. The highest BCUT2D eigenvalue weighted by Crippen LogP contribution is 2.30. The Balaban J connectivity index is 1.63. The van der Waals surface area contributed by atoms with Crippen LogP contribution in [0.25, 0.3) is 10.9 Å². The predicted molar refractivity (Wildman–Crippen MR) is 116 cm³/mol. The van der Waals surface area contributed by atoms with Crippen molar-refractivity contribution in [3.8, 4) is 6.07 Å². The molecule has 31 heavy (non-hydrogen) atoms. The van der Waals surface area contributed by atoms with Gasteiger partial charge in [0.15, 0.2) is 0 Å². The molecule has 3 aromatic rings. The lowest BCUT2D eigenvalue weighted by atomic mass is 10.1. The number of benzene rings is 2. The average molecular weight is 415 g/mol. The van der Waals surface area contributed by atoms with Crippen LogP contribution >= 0.6 is 0 Å². The molecule has 2 heterocycles. The number of nitrogens with one attached hydrogen (secondary N) is 3. The third-order valence-corrected chi connectivity index (χ3v) is 5.24. The molecule has 156 valence electrons. The van der Waals surface area contributed by atoms with Crippen LogP contribution in [0.5, 0.6) is 0 Å². The Morgan fingerprint density at radius 2 is 2.06 bits per heavy atom. The maximum Gasteiger partial charge on any atom is 0.268 e. The second kappa shape index (κ2) is 8.32.